The lowest BCUT2D eigenvalue weighted by molar-refractivity contribution is -0.205. The van der Waals surface area contributed by atoms with Crippen LogP contribution in [0.1, 0.15) is 55.5 Å². The molecule has 0 saturated carbocycles. The second-order valence-electron chi connectivity index (χ2n) is 10.5. The number of ether oxygens (including phenoxy) is 5. The number of rotatable bonds is 18. The van der Waals surface area contributed by atoms with Crippen LogP contribution in [0, 0.1) is 0 Å². The molecule has 0 heterocycles. The molecule has 2 N–H and O–H groups in total. The Morgan fingerprint density at radius 2 is 1.84 bits per heavy atom. The molecule has 0 aliphatic rings. The summed E-state index contributed by atoms with van der Waals surface area (Å²) in [6, 6.07) is 4.29. The van der Waals surface area contributed by atoms with Crippen molar-refractivity contribution < 1.29 is 38.7 Å². The van der Waals surface area contributed by atoms with Crippen LogP contribution < -0.4 is 9.47 Å². The zero-order chi connectivity index (χ0) is 27.9. The minimum atomic E-state index is -1.37. The summed E-state index contributed by atoms with van der Waals surface area (Å²) in [6.07, 6.45) is 9.92. The molecule has 0 amide bonds. The van der Waals surface area contributed by atoms with Crippen molar-refractivity contribution in [1.29, 1.82) is 0 Å². The van der Waals surface area contributed by atoms with Crippen LogP contribution in [0.25, 0.3) is 6.08 Å². The molecule has 1 atom stereocenters. The predicted molar refractivity (Wildman–Crippen MR) is 149 cm³/mol. The second-order valence-corrected chi connectivity index (χ2v) is 16.1. The zero-order valence-corrected chi connectivity index (χ0v) is 24.5. The summed E-state index contributed by atoms with van der Waals surface area (Å²) < 4.78 is 27.6. The van der Waals surface area contributed by atoms with E-state index in [1.54, 1.807) is 33.1 Å². The van der Waals surface area contributed by atoms with Gasteiger partial charge in [-0.1, -0.05) is 43.9 Å². The Morgan fingerprint density at radius 3 is 2.43 bits per heavy atom. The Balaban J connectivity index is 3.12. The molecule has 9 heteroatoms. The number of hydrogen-bond donors (Lipinski definition) is 2. The molecule has 1 aromatic carbocycles. The largest absolute Gasteiger partial charge is 0.497 e. The molecule has 1 aromatic rings. The van der Waals surface area contributed by atoms with Crippen molar-refractivity contribution in [2.45, 2.75) is 77.1 Å². The monoisotopic (exact) mass is 538 g/mol. The van der Waals surface area contributed by atoms with Gasteiger partial charge in [0.1, 0.15) is 17.1 Å². The van der Waals surface area contributed by atoms with E-state index in [2.05, 4.69) is 19.6 Å². The number of carbonyl (C=O) groups is 1. The van der Waals surface area contributed by atoms with Gasteiger partial charge in [-0.25, -0.2) is 4.79 Å². The highest BCUT2D eigenvalue weighted by Crippen LogP contribution is 2.31. The minimum Gasteiger partial charge on any atom is -0.497 e. The molecule has 1 unspecified atom stereocenters. The lowest BCUT2D eigenvalue weighted by Gasteiger charge is -2.25. The molecule has 0 aliphatic carbocycles. The van der Waals surface area contributed by atoms with Crippen LogP contribution in [0.15, 0.2) is 30.4 Å². The van der Waals surface area contributed by atoms with Crippen molar-refractivity contribution in [3.05, 3.63) is 41.5 Å². The van der Waals surface area contributed by atoms with Gasteiger partial charge in [0.25, 0.3) is 0 Å². The maximum atomic E-state index is 13.1. The number of allylic oxidation sites excluding steroid dienone is 1. The Hall–Kier alpha value is -2.17. The lowest BCUT2D eigenvalue weighted by atomic mass is 10.0. The van der Waals surface area contributed by atoms with E-state index < -0.39 is 19.8 Å². The Bertz CT molecular complexity index is 868. The van der Waals surface area contributed by atoms with Crippen LogP contribution in [0.5, 0.6) is 11.5 Å². The van der Waals surface area contributed by atoms with Crippen molar-refractivity contribution in [2.75, 3.05) is 34.2 Å². The summed E-state index contributed by atoms with van der Waals surface area (Å²) in [6.45, 7) is 10.3. The molecule has 0 fully saturated rings. The predicted octanol–water partition coefficient (Wildman–Crippen LogP) is 5.41. The van der Waals surface area contributed by atoms with Gasteiger partial charge in [-0.15, -0.1) is 0 Å². The van der Waals surface area contributed by atoms with E-state index in [4.69, 9.17) is 28.8 Å². The SMILES string of the molecule is COCOc1cc(OC)cc(/C=C/CCC(C/C=C\CCO)OC(C)(C)O)c1C(=O)OCC[Si](C)(C)C. The van der Waals surface area contributed by atoms with E-state index in [0.29, 0.717) is 54.9 Å². The fourth-order valence-electron chi connectivity index (χ4n) is 3.40. The summed E-state index contributed by atoms with van der Waals surface area (Å²) in [4.78, 5) is 13.1. The summed E-state index contributed by atoms with van der Waals surface area (Å²) >= 11 is 0. The molecular formula is C28H46O8Si. The molecule has 0 bridgehead atoms. The molecule has 37 heavy (non-hydrogen) atoms. The number of carbonyl (C=O) groups excluding carboxylic acids is 1. The van der Waals surface area contributed by atoms with Crippen molar-refractivity contribution in [3.8, 4) is 11.5 Å². The van der Waals surface area contributed by atoms with E-state index >= 15 is 0 Å². The maximum Gasteiger partial charge on any atom is 0.342 e. The van der Waals surface area contributed by atoms with Crippen LogP contribution >= 0.6 is 0 Å². The first-order chi connectivity index (χ1) is 17.4. The quantitative estimate of drug-likeness (QED) is 0.111. The highest BCUT2D eigenvalue weighted by molar-refractivity contribution is 6.76. The summed E-state index contributed by atoms with van der Waals surface area (Å²) in [7, 11) is 1.70. The number of esters is 1. The molecule has 1 rings (SSSR count). The van der Waals surface area contributed by atoms with Gasteiger partial charge in [0.05, 0.1) is 19.8 Å². The molecule has 8 nitrogen and oxygen atoms in total. The fourth-order valence-corrected chi connectivity index (χ4v) is 4.12. The number of aliphatic hydroxyl groups is 2. The number of benzene rings is 1. The zero-order valence-electron chi connectivity index (χ0n) is 23.5. The Morgan fingerprint density at radius 1 is 1.11 bits per heavy atom. The summed E-state index contributed by atoms with van der Waals surface area (Å²) in [5.74, 6) is -0.839. The van der Waals surface area contributed by atoms with E-state index in [1.165, 1.54) is 7.11 Å². The normalized spacial score (nSPS) is 13.3. The minimum absolute atomic E-state index is 0.0225. The average molecular weight is 539 g/mol. The van der Waals surface area contributed by atoms with Gasteiger partial charge in [-0.05, 0) is 57.2 Å². The molecule has 0 aromatic heterocycles. The maximum absolute atomic E-state index is 13.1. The average Bonchev–Trinajstić information content (AvgIpc) is 2.80. The van der Waals surface area contributed by atoms with Gasteiger partial charge in [0.2, 0.25) is 0 Å². The smallest absolute Gasteiger partial charge is 0.342 e. The molecule has 210 valence electrons. The van der Waals surface area contributed by atoms with Gasteiger partial charge >= 0.3 is 5.97 Å². The molecule has 0 spiro atoms. The van der Waals surface area contributed by atoms with Crippen LogP contribution in [-0.4, -0.2) is 70.4 Å². The first kappa shape index (κ1) is 32.9. The Kier molecular flexibility index (Phi) is 14.8. The van der Waals surface area contributed by atoms with Gasteiger partial charge in [0.15, 0.2) is 12.6 Å². The van der Waals surface area contributed by atoms with Crippen molar-refractivity contribution in [3.63, 3.8) is 0 Å². The van der Waals surface area contributed by atoms with Gasteiger partial charge in [-0.2, -0.15) is 0 Å². The third-order valence-electron chi connectivity index (χ3n) is 5.23. The third-order valence-corrected chi connectivity index (χ3v) is 6.94. The molecule has 0 radical (unpaired) electrons. The van der Waals surface area contributed by atoms with E-state index in [0.717, 1.165) is 6.04 Å². The second kappa shape index (κ2) is 16.6. The van der Waals surface area contributed by atoms with Crippen LogP contribution in [0.3, 0.4) is 0 Å². The first-order valence-corrected chi connectivity index (χ1v) is 16.4. The summed E-state index contributed by atoms with van der Waals surface area (Å²) in [5, 5.41) is 19.1. The van der Waals surface area contributed by atoms with Crippen LogP contribution in [0.4, 0.5) is 0 Å². The van der Waals surface area contributed by atoms with E-state index in [-0.39, 0.29) is 19.5 Å². The topological polar surface area (TPSA) is 104 Å². The van der Waals surface area contributed by atoms with Gasteiger partial charge in [0, 0.05) is 27.9 Å². The highest BCUT2D eigenvalue weighted by Gasteiger charge is 2.22. The third kappa shape index (κ3) is 14.4. The standard InChI is InChI=1S/C28H46O8Si/c1-28(2,31)36-23(14-9-8-12-16-29)15-11-10-13-22-19-24(33-4)20-25(35-21-32-3)26(22)27(30)34-17-18-37(5,6)7/h8-10,13,19-20,23,29,31H,11-12,14-18,21H2,1-7H3/b9-8-,13-10+. The van der Waals surface area contributed by atoms with Crippen LogP contribution in [-0.2, 0) is 14.2 Å². The van der Waals surface area contributed by atoms with Gasteiger partial charge in [-0.3, -0.25) is 0 Å². The molecule has 0 saturated heterocycles. The van der Waals surface area contributed by atoms with Gasteiger partial charge < -0.3 is 33.9 Å². The van der Waals surface area contributed by atoms with E-state index in [1.807, 2.05) is 24.3 Å². The first-order valence-electron chi connectivity index (χ1n) is 12.7. The van der Waals surface area contributed by atoms with E-state index in [9.17, 15) is 9.90 Å². The number of methoxy groups -OCH3 is 2. The summed E-state index contributed by atoms with van der Waals surface area (Å²) in [5.41, 5.74) is 0.937. The molecular weight excluding hydrogens is 492 g/mol. The highest BCUT2D eigenvalue weighted by atomic mass is 28.3. The lowest BCUT2D eigenvalue weighted by Crippen LogP contribution is -2.29. The van der Waals surface area contributed by atoms with Crippen molar-refractivity contribution >= 4 is 20.1 Å². The Labute approximate surface area is 223 Å². The molecule has 0 aliphatic heterocycles. The van der Waals surface area contributed by atoms with Crippen molar-refractivity contribution in [1.82, 2.24) is 0 Å². The fraction of sp³-hybridized carbons (Fsp3) is 0.607. The number of hydrogen-bond acceptors (Lipinski definition) is 8. The van der Waals surface area contributed by atoms with Crippen LogP contribution in [0.2, 0.25) is 25.7 Å². The van der Waals surface area contributed by atoms with Crippen molar-refractivity contribution in [2.24, 2.45) is 0 Å². The number of aliphatic hydroxyl groups excluding tert-OH is 1.